The molecule has 1 aliphatic heterocycles. The van der Waals surface area contributed by atoms with Gasteiger partial charge in [0.15, 0.2) is 5.96 Å². The number of nitrogens with one attached hydrogen (secondary N) is 1. The van der Waals surface area contributed by atoms with Crippen molar-refractivity contribution in [2.24, 2.45) is 10.9 Å². The first-order chi connectivity index (χ1) is 11.9. The number of nitrogens with zero attached hydrogens (tertiary/aromatic N) is 2. The summed E-state index contributed by atoms with van der Waals surface area (Å²) < 4.78 is 12.0. The van der Waals surface area contributed by atoms with Crippen LogP contribution in [0.15, 0.2) is 40.2 Å². The molecule has 0 aromatic heterocycles. The number of guanidine groups is 1. The maximum absolute atomic E-state index is 12.1. The monoisotopic (exact) mass is 381 g/mol. The van der Waals surface area contributed by atoms with Gasteiger partial charge in [-0.25, -0.2) is 0 Å². The highest BCUT2D eigenvalue weighted by molar-refractivity contribution is 7.99. The second kappa shape index (κ2) is 9.62. The van der Waals surface area contributed by atoms with Crippen LogP contribution in [0.5, 0.6) is 0 Å². The summed E-state index contributed by atoms with van der Waals surface area (Å²) in [4.78, 5) is 8.08. The van der Waals surface area contributed by atoms with Crippen molar-refractivity contribution in [2.45, 2.75) is 36.8 Å². The second-order valence-electron chi connectivity index (χ2n) is 7.36. The molecule has 1 aromatic rings. The lowest BCUT2D eigenvalue weighted by atomic mass is 10.2. The third-order valence-corrected chi connectivity index (χ3v) is 7.46. The van der Waals surface area contributed by atoms with Gasteiger partial charge in [-0.2, -0.15) is 0 Å². The lowest BCUT2D eigenvalue weighted by Crippen LogP contribution is -2.42. The highest BCUT2D eigenvalue weighted by Gasteiger charge is 2.25. The van der Waals surface area contributed by atoms with Crippen molar-refractivity contribution >= 4 is 28.5 Å². The zero-order valence-corrected chi connectivity index (χ0v) is 17.5. The summed E-state index contributed by atoms with van der Waals surface area (Å²) in [5, 5.41) is 3.38. The van der Waals surface area contributed by atoms with E-state index in [4.69, 9.17) is 0 Å². The van der Waals surface area contributed by atoms with Crippen LogP contribution >= 0.6 is 11.8 Å². The Morgan fingerprint density at radius 2 is 2.08 bits per heavy atom. The van der Waals surface area contributed by atoms with Gasteiger partial charge in [-0.05, 0) is 45.2 Å². The van der Waals surface area contributed by atoms with E-state index in [1.165, 1.54) is 11.3 Å². The van der Waals surface area contributed by atoms with Crippen molar-refractivity contribution in [1.82, 2.24) is 10.2 Å². The van der Waals surface area contributed by atoms with Crippen molar-refractivity contribution in [3.05, 3.63) is 30.3 Å². The lowest BCUT2D eigenvalue weighted by Gasteiger charge is -2.23. The molecular formula is C19H31N3OS2. The molecule has 0 aliphatic carbocycles. The zero-order valence-electron chi connectivity index (χ0n) is 15.8. The Bertz CT molecular complexity index is 584. The van der Waals surface area contributed by atoms with E-state index in [1.54, 1.807) is 0 Å². The normalized spacial score (nSPS) is 19.9. The molecule has 1 aliphatic rings. The molecule has 140 valence electrons. The molecule has 1 aromatic carbocycles. The molecule has 2 rings (SSSR count). The summed E-state index contributed by atoms with van der Waals surface area (Å²) in [6.45, 7) is 8.86. The van der Waals surface area contributed by atoms with Crippen molar-refractivity contribution in [3.63, 3.8) is 0 Å². The van der Waals surface area contributed by atoms with Crippen molar-refractivity contribution < 1.29 is 4.21 Å². The molecule has 0 bridgehead atoms. The number of aliphatic imine (C=N–C) groups is 1. The van der Waals surface area contributed by atoms with Crippen LogP contribution in [-0.2, 0) is 10.8 Å². The maximum Gasteiger partial charge on any atom is 0.193 e. The summed E-state index contributed by atoms with van der Waals surface area (Å²) in [5.41, 5.74) is 0. The van der Waals surface area contributed by atoms with Crippen LogP contribution in [0.1, 0.15) is 27.2 Å². The fraction of sp³-hybridized carbons (Fsp3) is 0.632. The quantitative estimate of drug-likeness (QED) is 0.467. The lowest BCUT2D eigenvalue weighted by molar-refractivity contribution is 0.476. The number of thioether (sulfide) groups is 1. The topological polar surface area (TPSA) is 44.7 Å². The molecule has 6 heteroatoms. The Labute approximate surface area is 159 Å². The average molecular weight is 382 g/mol. The first kappa shape index (κ1) is 20.3. The van der Waals surface area contributed by atoms with Gasteiger partial charge in [-0.3, -0.25) is 9.20 Å². The van der Waals surface area contributed by atoms with Gasteiger partial charge in [0, 0.05) is 58.6 Å². The predicted octanol–water partition coefficient (Wildman–Crippen LogP) is 3.22. The van der Waals surface area contributed by atoms with E-state index in [-0.39, 0.29) is 4.75 Å². The molecule has 2 atom stereocenters. The summed E-state index contributed by atoms with van der Waals surface area (Å²) in [6, 6.07) is 10.6. The molecule has 1 saturated heterocycles. The SMILES string of the molecule is CN=C(NCCS(=O)C(C)(C)C)N1CCC(CSc2ccccc2)C1. The third-order valence-electron chi connectivity index (χ3n) is 4.28. The second-order valence-corrected chi connectivity index (χ2v) is 10.8. The predicted molar refractivity (Wildman–Crippen MR) is 111 cm³/mol. The van der Waals surface area contributed by atoms with Gasteiger partial charge < -0.3 is 10.2 Å². The van der Waals surface area contributed by atoms with Gasteiger partial charge in [0.25, 0.3) is 0 Å². The molecule has 25 heavy (non-hydrogen) atoms. The summed E-state index contributed by atoms with van der Waals surface area (Å²) in [5.74, 6) is 3.43. The van der Waals surface area contributed by atoms with Gasteiger partial charge in [0.1, 0.15) is 0 Å². The number of benzene rings is 1. The van der Waals surface area contributed by atoms with Crippen LogP contribution in [0, 0.1) is 5.92 Å². The molecule has 0 spiro atoms. The highest BCUT2D eigenvalue weighted by atomic mass is 32.2. The summed E-state index contributed by atoms with van der Waals surface area (Å²) in [6.07, 6.45) is 1.20. The molecule has 0 saturated carbocycles. The van der Waals surface area contributed by atoms with E-state index >= 15 is 0 Å². The zero-order chi connectivity index (χ0) is 18.3. The van der Waals surface area contributed by atoms with Crippen molar-refractivity contribution in [2.75, 3.05) is 38.2 Å². The number of hydrogen-bond acceptors (Lipinski definition) is 3. The summed E-state index contributed by atoms with van der Waals surface area (Å²) in [7, 11) is 1.00. The van der Waals surface area contributed by atoms with Gasteiger partial charge in [-0.15, -0.1) is 11.8 Å². The molecule has 1 heterocycles. The molecule has 0 radical (unpaired) electrons. The van der Waals surface area contributed by atoms with Crippen LogP contribution in [0.25, 0.3) is 0 Å². The van der Waals surface area contributed by atoms with E-state index in [9.17, 15) is 4.21 Å². The fourth-order valence-electron chi connectivity index (χ4n) is 2.79. The molecule has 4 nitrogen and oxygen atoms in total. The first-order valence-corrected chi connectivity index (χ1v) is 11.2. The van der Waals surface area contributed by atoms with Crippen LogP contribution in [0.4, 0.5) is 0 Å². The van der Waals surface area contributed by atoms with Crippen molar-refractivity contribution in [3.8, 4) is 0 Å². The minimum atomic E-state index is -0.828. The highest BCUT2D eigenvalue weighted by Crippen LogP contribution is 2.25. The Balaban J connectivity index is 1.74. The molecule has 1 fully saturated rings. The minimum absolute atomic E-state index is 0.154. The molecule has 0 amide bonds. The fourth-order valence-corrected chi connectivity index (χ4v) is 4.74. The number of hydrogen-bond donors (Lipinski definition) is 1. The number of likely N-dealkylation sites (tertiary alicyclic amines) is 1. The first-order valence-electron chi connectivity index (χ1n) is 8.92. The van der Waals surface area contributed by atoms with E-state index in [0.29, 0.717) is 18.2 Å². The summed E-state index contributed by atoms with van der Waals surface area (Å²) >= 11 is 1.94. The van der Waals surface area contributed by atoms with Crippen LogP contribution in [-0.4, -0.2) is 58.0 Å². The standard InChI is InChI=1S/C19H31N3OS2/c1-19(2,3)25(23)13-11-21-18(20-4)22-12-10-16(14-22)15-24-17-8-6-5-7-9-17/h5-9,16H,10-15H2,1-4H3,(H,20,21). The van der Waals surface area contributed by atoms with Crippen LogP contribution < -0.4 is 5.32 Å². The van der Waals surface area contributed by atoms with E-state index < -0.39 is 10.8 Å². The number of rotatable bonds is 6. The Hall–Kier alpha value is -1.01. The minimum Gasteiger partial charge on any atom is -0.355 e. The Morgan fingerprint density at radius 3 is 2.72 bits per heavy atom. The smallest absolute Gasteiger partial charge is 0.193 e. The molecular weight excluding hydrogens is 350 g/mol. The van der Waals surface area contributed by atoms with E-state index in [2.05, 4.69) is 45.5 Å². The van der Waals surface area contributed by atoms with Crippen LogP contribution in [0.3, 0.4) is 0 Å². The van der Waals surface area contributed by atoms with E-state index in [0.717, 1.165) is 24.8 Å². The third kappa shape index (κ3) is 6.66. The van der Waals surface area contributed by atoms with Crippen molar-refractivity contribution in [1.29, 1.82) is 0 Å². The van der Waals surface area contributed by atoms with Crippen LogP contribution in [0.2, 0.25) is 0 Å². The van der Waals surface area contributed by atoms with Gasteiger partial charge in [-0.1, -0.05) is 18.2 Å². The van der Waals surface area contributed by atoms with Gasteiger partial charge in [0.05, 0.1) is 0 Å². The molecule has 1 N–H and O–H groups in total. The largest absolute Gasteiger partial charge is 0.355 e. The Morgan fingerprint density at radius 1 is 1.36 bits per heavy atom. The maximum atomic E-state index is 12.1. The van der Waals surface area contributed by atoms with Gasteiger partial charge >= 0.3 is 0 Å². The van der Waals surface area contributed by atoms with Gasteiger partial charge in [0.2, 0.25) is 0 Å². The molecule has 2 unspecified atom stereocenters. The van der Waals surface area contributed by atoms with E-state index in [1.807, 2.05) is 39.6 Å². The average Bonchev–Trinajstić information content (AvgIpc) is 3.05. The Kier molecular flexibility index (Phi) is 7.81.